The number of halogens is 2. The first-order chi connectivity index (χ1) is 11.9. The predicted octanol–water partition coefficient (Wildman–Crippen LogP) is 4.14. The van der Waals surface area contributed by atoms with Crippen LogP contribution in [0.1, 0.15) is 18.9 Å². The Labute approximate surface area is 144 Å². The van der Waals surface area contributed by atoms with Gasteiger partial charge in [0.15, 0.2) is 0 Å². The van der Waals surface area contributed by atoms with E-state index in [1.165, 1.54) is 24.3 Å². The molecule has 1 atom stereocenters. The molecule has 0 saturated heterocycles. The summed E-state index contributed by atoms with van der Waals surface area (Å²) in [6, 6.07) is 12.2. The summed E-state index contributed by atoms with van der Waals surface area (Å²) in [6.45, 7) is -0.990. The molecule has 0 spiro atoms. The Kier molecular flexibility index (Phi) is 6.56. The number of alkyl halides is 2. The molecule has 0 aliphatic heterocycles. The molecule has 0 bridgehead atoms. The van der Waals surface area contributed by atoms with Crippen LogP contribution in [0.4, 0.5) is 19.3 Å². The van der Waals surface area contributed by atoms with E-state index in [-0.39, 0.29) is 23.6 Å². The lowest BCUT2D eigenvalue weighted by Crippen LogP contribution is -2.36. The second kappa shape index (κ2) is 8.86. The molecule has 0 fully saturated rings. The third-order valence-corrected chi connectivity index (χ3v) is 3.52. The van der Waals surface area contributed by atoms with E-state index in [2.05, 4.69) is 15.4 Å². The van der Waals surface area contributed by atoms with Crippen molar-refractivity contribution in [3.8, 4) is 11.5 Å². The number of aryl methyl sites for hydroxylation is 1. The summed E-state index contributed by atoms with van der Waals surface area (Å²) < 4.78 is 28.4. The number of benzene rings is 2. The number of aromatic hydroxyl groups is 1. The van der Waals surface area contributed by atoms with Gasteiger partial charge in [-0.05, 0) is 61.7 Å². The highest BCUT2D eigenvalue weighted by Crippen LogP contribution is 2.17. The zero-order chi connectivity index (χ0) is 18.2. The van der Waals surface area contributed by atoms with Gasteiger partial charge in [-0.1, -0.05) is 12.1 Å². The summed E-state index contributed by atoms with van der Waals surface area (Å²) >= 11 is 0. The first kappa shape index (κ1) is 18.5. The number of rotatable bonds is 7. The Morgan fingerprint density at radius 1 is 1.12 bits per heavy atom. The van der Waals surface area contributed by atoms with E-state index < -0.39 is 6.61 Å². The quantitative estimate of drug-likeness (QED) is 0.703. The molecule has 0 heterocycles. The number of carbonyl (C=O) groups excluding carboxylic acids is 1. The Morgan fingerprint density at radius 3 is 2.36 bits per heavy atom. The van der Waals surface area contributed by atoms with Gasteiger partial charge in [0.2, 0.25) is 0 Å². The Morgan fingerprint density at radius 2 is 1.76 bits per heavy atom. The molecular weight excluding hydrogens is 330 g/mol. The minimum atomic E-state index is -2.88. The molecule has 3 N–H and O–H groups in total. The molecular formula is C18H20F2N2O3. The monoisotopic (exact) mass is 350 g/mol. The molecule has 0 aliphatic rings. The number of amides is 2. The van der Waals surface area contributed by atoms with E-state index in [1.807, 2.05) is 19.1 Å². The van der Waals surface area contributed by atoms with Gasteiger partial charge in [-0.25, -0.2) is 4.79 Å². The van der Waals surface area contributed by atoms with Gasteiger partial charge in [0.25, 0.3) is 0 Å². The smallest absolute Gasteiger partial charge is 0.387 e. The van der Waals surface area contributed by atoms with E-state index in [9.17, 15) is 18.7 Å². The van der Waals surface area contributed by atoms with Crippen LogP contribution in [0.25, 0.3) is 0 Å². The second-order valence-electron chi connectivity index (χ2n) is 5.61. The normalized spacial score (nSPS) is 11.8. The lowest BCUT2D eigenvalue weighted by atomic mass is 10.1. The average molecular weight is 350 g/mol. The molecule has 0 saturated carbocycles. The Bertz CT molecular complexity index is 676. The van der Waals surface area contributed by atoms with Crippen LogP contribution >= 0.6 is 0 Å². The minimum Gasteiger partial charge on any atom is -0.508 e. The van der Waals surface area contributed by atoms with Crippen molar-refractivity contribution in [2.75, 3.05) is 5.32 Å². The van der Waals surface area contributed by atoms with Crippen LogP contribution in [0.2, 0.25) is 0 Å². The minimum absolute atomic E-state index is 0.0308. The molecule has 2 aromatic rings. The number of urea groups is 1. The Balaban J connectivity index is 1.76. The molecule has 2 rings (SSSR count). The molecule has 134 valence electrons. The number of phenolic OH excluding ortho intramolecular Hbond substituents is 1. The summed E-state index contributed by atoms with van der Waals surface area (Å²) in [5.41, 5.74) is 1.55. The van der Waals surface area contributed by atoms with Gasteiger partial charge in [-0.15, -0.1) is 0 Å². The molecule has 1 unspecified atom stereocenters. The molecule has 0 aliphatic carbocycles. The fourth-order valence-electron chi connectivity index (χ4n) is 2.23. The van der Waals surface area contributed by atoms with E-state index in [0.29, 0.717) is 5.69 Å². The SMILES string of the molecule is CC(CCc1ccc(O)cc1)NC(=O)Nc1ccc(OC(F)F)cc1. The largest absolute Gasteiger partial charge is 0.508 e. The summed E-state index contributed by atoms with van der Waals surface area (Å²) in [6.07, 6.45) is 1.50. The van der Waals surface area contributed by atoms with Crippen molar-refractivity contribution in [2.45, 2.75) is 32.4 Å². The summed E-state index contributed by atoms with van der Waals surface area (Å²) in [4.78, 5) is 11.9. The van der Waals surface area contributed by atoms with Crippen LogP contribution < -0.4 is 15.4 Å². The highest BCUT2D eigenvalue weighted by molar-refractivity contribution is 5.89. The maximum atomic E-state index is 12.1. The standard InChI is InChI=1S/C18H20F2N2O3/c1-12(2-3-13-4-8-15(23)9-5-13)21-18(24)22-14-6-10-16(11-7-14)25-17(19)20/h4-12,17,23H,2-3H2,1H3,(H2,21,22,24). The van der Waals surface area contributed by atoms with Gasteiger partial charge in [0, 0.05) is 11.7 Å². The topological polar surface area (TPSA) is 70.6 Å². The maximum absolute atomic E-state index is 12.1. The van der Waals surface area contributed by atoms with Crippen molar-refractivity contribution in [3.63, 3.8) is 0 Å². The first-order valence-corrected chi connectivity index (χ1v) is 7.82. The lowest BCUT2D eigenvalue weighted by Gasteiger charge is -2.15. The molecule has 0 radical (unpaired) electrons. The number of nitrogens with one attached hydrogen (secondary N) is 2. The fraction of sp³-hybridized carbons (Fsp3) is 0.278. The lowest BCUT2D eigenvalue weighted by molar-refractivity contribution is -0.0498. The third kappa shape index (κ3) is 6.66. The van der Waals surface area contributed by atoms with Crippen molar-refractivity contribution in [2.24, 2.45) is 0 Å². The first-order valence-electron chi connectivity index (χ1n) is 7.82. The van der Waals surface area contributed by atoms with Gasteiger partial charge >= 0.3 is 12.6 Å². The summed E-state index contributed by atoms with van der Waals surface area (Å²) in [5.74, 6) is 0.252. The molecule has 5 nitrogen and oxygen atoms in total. The maximum Gasteiger partial charge on any atom is 0.387 e. The van der Waals surface area contributed by atoms with Crippen molar-refractivity contribution in [1.29, 1.82) is 0 Å². The zero-order valence-corrected chi connectivity index (χ0v) is 13.7. The number of anilines is 1. The number of hydrogen-bond donors (Lipinski definition) is 3. The highest BCUT2D eigenvalue weighted by Gasteiger charge is 2.09. The number of phenols is 1. The van der Waals surface area contributed by atoms with Crippen LogP contribution in [-0.2, 0) is 6.42 Å². The van der Waals surface area contributed by atoms with Crippen molar-refractivity contribution in [3.05, 3.63) is 54.1 Å². The fourth-order valence-corrected chi connectivity index (χ4v) is 2.23. The van der Waals surface area contributed by atoms with E-state index >= 15 is 0 Å². The summed E-state index contributed by atoms with van der Waals surface area (Å²) in [7, 11) is 0. The van der Waals surface area contributed by atoms with Crippen LogP contribution in [0, 0.1) is 0 Å². The average Bonchev–Trinajstić information content (AvgIpc) is 2.55. The molecule has 2 aromatic carbocycles. The van der Waals surface area contributed by atoms with E-state index in [1.54, 1.807) is 12.1 Å². The van der Waals surface area contributed by atoms with Crippen LogP contribution in [0.5, 0.6) is 11.5 Å². The third-order valence-electron chi connectivity index (χ3n) is 3.52. The van der Waals surface area contributed by atoms with Crippen molar-refractivity contribution >= 4 is 11.7 Å². The van der Waals surface area contributed by atoms with Gasteiger partial charge in [-0.3, -0.25) is 0 Å². The number of ether oxygens (including phenoxy) is 1. The van der Waals surface area contributed by atoms with Crippen molar-refractivity contribution < 1.29 is 23.4 Å². The zero-order valence-electron chi connectivity index (χ0n) is 13.7. The van der Waals surface area contributed by atoms with Crippen molar-refractivity contribution in [1.82, 2.24) is 5.32 Å². The van der Waals surface area contributed by atoms with E-state index in [0.717, 1.165) is 18.4 Å². The molecule has 25 heavy (non-hydrogen) atoms. The number of hydrogen-bond acceptors (Lipinski definition) is 3. The van der Waals surface area contributed by atoms with Crippen LogP contribution in [0.3, 0.4) is 0 Å². The molecule has 2 amide bonds. The van der Waals surface area contributed by atoms with Gasteiger partial charge in [0.05, 0.1) is 0 Å². The Hall–Kier alpha value is -2.83. The van der Waals surface area contributed by atoms with E-state index in [4.69, 9.17) is 0 Å². The molecule has 7 heteroatoms. The number of carbonyl (C=O) groups is 1. The van der Waals surface area contributed by atoms with Gasteiger partial charge < -0.3 is 20.5 Å². The second-order valence-corrected chi connectivity index (χ2v) is 5.61. The van der Waals surface area contributed by atoms with Gasteiger partial charge in [-0.2, -0.15) is 8.78 Å². The van der Waals surface area contributed by atoms with Crippen LogP contribution in [0.15, 0.2) is 48.5 Å². The summed E-state index contributed by atoms with van der Waals surface area (Å²) in [5, 5.41) is 14.7. The van der Waals surface area contributed by atoms with Gasteiger partial charge in [0.1, 0.15) is 11.5 Å². The predicted molar refractivity (Wildman–Crippen MR) is 91.1 cm³/mol. The van der Waals surface area contributed by atoms with Crippen LogP contribution in [-0.4, -0.2) is 23.8 Å². The highest BCUT2D eigenvalue weighted by atomic mass is 19.3. The molecule has 0 aromatic heterocycles.